The van der Waals surface area contributed by atoms with Gasteiger partial charge in [0.25, 0.3) is 0 Å². The highest BCUT2D eigenvalue weighted by Crippen LogP contribution is 2.26. The minimum Gasteiger partial charge on any atom is -0.488 e. The fourth-order valence-corrected chi connectivity index (χ4v) is 1.97. The molecule has 0 saturated carbocycles. The zero-order chi connectivity index (χ0) is 14.7. The number of rotatable bonds is 4. The number of benzene rings is 2. The van der Waals surface area contributed by atoms with E-state index in [1.54, 1.807) is 6.07 Å². The van der Waals surface area contributed by atoms with E-state index >= 15 is 0 Å². The largest absolute Gasteiger partial charge is 0.488 e. The third kappa shape index (κ3) is 3.14. The van der Waals surface area contributed by atoms with Gasteiger partial charge in [0, 0.05) is 17.2 Å². The monoisotopic (exact) mass is 277 g/mol. The fraction of sp³-hybridized carbons (Fsp3) is 0.250. The Morgan fingerprint density at radius 3 is 2.65 bits per heavy atom. The molecule has 0 saturated heterocycles. The Labute approximate surface area is 117 Å². The van der Waals surface area contributed by atoms with Gasteiger partial charge < -0.3 is 10.5 Å². The first-order valence-corrected chi connectivity index (χ1v) is 6.41. The molecule has 0 fully saturated rings. The van der Waals surface area contributed by atoms with Gasteiger partial charge in [-0.1, -0.05) is 29.8 Å². The highest BCUT2D eigenvalue weighted by molar-refractivity contribution is 5.39. The van der Waals surface area contributed by atoms with Crippen molar-refractivity contribution >= 4 is 0 Å². The molecule has 4 heteroatoms. The molecule has 1 atom stereocenters. The van der Waals surface area contributed by atoms with Gasteiger partial charge in [-0.3, -0.25) is 0 Å². The van der Waals surface area contributed by atoms with E-state index in [9.17, 15) is 8.78 Å². The van der Waals surface area contributed by atoms with E-state index in [1.807, 2.05) is 26.0 Å². The van der Waals surface area contributed by atoms with Crippen LogP contribution in [0.15, 0.2) is 36.4 Å². The van der Waals surface area contributed by atoms with Crippen LogP contribution >= 0.6 is 0 Å². The highest BCUT2D eigenvalue weighted by Gasteiger charge is 2.11. The summed E-state index contributed by atoms with van der Waals surface area (Å²) >= 11 is 0. The molecule has 0 heterocycles. The first kappa shape index (κ1) is 14.5. The highest BCUT2D eigenvalue weighted by atomic mass is 19.2. The van der Waals surface area contributed by atoms with Crippen molar-refractivity contribution in [2.75, 3.05) is 0 Å². The summed E-state index contributed by atoms with van der Waals surface area (Å²) in [5.41, 5.74) is 7.99. The Balaban J connectivity index is 2.21. The van der Waals surface area contributed by atoms with Crippen LogP contribution in [-0.4, -0.2) is 0 Å². The van der Waals surface area contributed by atoms with E-state index in [4.69, 9.17) is 10.5 Å². The smallest absolute Gasteiger partial charge is 0.165 e. The molecule has 0 unspecified atom stereocenters. The zero-order valence-corrected chi connectivity index (χ0v) is 11.5. The lowest BCUT2D eigenvalue weighted by Crippen LogP contribution is -2.09. The van der Waals surface area contributed by atoms with Gasteiger partial charge in [-0.25, -0.2) is 8.78 Å². The molecule has 20 heavy (non-hydrogen) atoms. The van der Waals surface area contributed by atoms with Crippen LogP contribution < -0.4 is 10.5 Å². The minimum atomic E-state index is -0.873. The van der Waals surface area contributed by atoms with Crippen molar-refractivity contribution < 1.29 is 13.5 Å². The third-order valence-electron chi connectivity index (χ3n) is 3.07. The number of hydrogen-bond donors (Lipinski definition) is 1. The maximum atomic E-state index is 13.5. The standard InChI is InChI=1S/C16H17F2NO/c1-10-6-7-15(13(8-10)11(2)19)20-9-12-4-3-5-14(17)16(12)18/h3-8,11H,9,19H2,1-2H3/t11-/m1/s1. The molecular weight excluding hydrogens is 260 g/mol. The minimum absolute atomic E-state index is 0.0353. The van der Waals surface area contributed by atoms with Crippen LogP contribution in [0.2, 0.25) is 0 Å². The number of aryl methyl sites for hydroxylation is 1. The van der Waals surface area contributed by atoms with E-state index < -0.39 is 11.6 Å². The molecule has 2 aromatic rings. The summed E-state index contributed by atoms with van der Waals surface area (Å²) in [7, 11) is 0. The van der Waals surface area contributed by atoms with Crippen molar-refractivity contribution in [1.29, 1.82) is 0 Å². The molecule has 2 rings (SSSR count). The van der Waals surface area contributed by atoms with Gasteiger partial charge >= 0.3 is 0 Å². The molecule has 0 spiro atoms. The van der Waals surface area contributed by atoms with Gasteiger partial charge in [0.05, 0.1) is 0 Å². The summed E-state index contributed by atoms with van der Waals surface area (Å²) in [6.07, 6.45) is 0. The summed E-state index contributed by atoms with van der Waals surface area (Å²) in [4.78, 5) is 0. The second-order valence-corrected chi connectivity index (χ2v) is 4.83. The topological polar surface area (TPSA) is 35.2 Å². The summed E-state index contributed by atoms with van der Waals surface area (Å²) in [5, 5.41) is 0. The molecule has 0 aromatic heterocycles. The van der Waals surface area contributed by atoms with Crippen LogP contribution in [0.5, 0.6) is 5.75 Å². The maximum Gasteiger partial charge on any atom is 0.165 e. The van der Waals surface area contributed by atoms with Gasteiger partial charge in [-0.15, -0.1) is 0 Å². The Kier molecular flexibility index (Phi) is 4.35. The second-order valence-electron chi connectivity index (χ2n) is 4.83. The zero-order valence-electron chi connectivity index (χ0n) is 11.5. The van der Waals surface area contributed by atoms with Gasteiger partial charge in [-0.05, 0) is 26.0 Å². The van der Waals surface area contributed by atoms with Crippen molar-refractivity contribution in [2.24, 2.45) is 5.73 Å². The van der Waals surface area contributed by atoms with Crippen molar-refractivity contribution in [2.45, 2.75) is 26.5 Å². The summed E-state index contributed by atoms with van der Waals surface area (Å²) < 4.78 is 32.3. The molecule has 0 aliphatic carbocycles. The lowest BCUT2D eigenvalue weighted by Gasteiger charge is -2.15. The van der Waals surface area contributed by atoms with Gasteiger partial charge in [0.2, 0.25) is 0 Å². The van der Waals surface area contributed by atoms with Crippen molar-refractivity contribution in [3.63, 3.8) is 0 Å². The lowest BCUT2D eigenvalue weighted by atomic mass is 10.1. The molecule has 0 radical (unpaired) electrons. The van der Waals surface area contributed by atoms with Crippen molar-refractivity contribution in [1.82, 2.24) is 0 Å². The summed E-state index contributed by atoms with van der Waals surface area (Å²) in [6, 6.07) is 9.47. The summed E-state index contributed by atoms with van der Waals surface area (Å²) in [5.74, 6) is -1.15. The predicted octanol–water partition coefficient (Wildman–Crippen LogP) is 3.87. The Morgan fingerprint density at radius 2 is 1.95 bits per heavy atom. The van der Waals surface area contributed by atoms with E-state index in [2.05, 4.69) is 0 Å². The Hall–Kier alpha value is -1.94. The maximum absolute atomic E-state index is 13.5. The third-order valence-corrected chi connectivity index (χ3v) is 3.07. The molecule has 2 aromatic carbocycles. The average molecular weight is 277 g/mol. The van der Waals surface area contributed by atoms with Crippen LogP contribution in [0.25, 0.3) is 0 Å². The van der Waals surface area contributed by atoms with Crippen LogP contribution in [0, 0.1) is 18.6 Å². The van der Waals surface area contributed by atoms with Crippen molar-refractivity contribution in [3.05, 3.63) is 64.7 Å². The fourth-order valence-electron chi connectivity index (χ4n) is 1.97. The number of halogens is 2. The molecule has 0 bridgehead atoms. The van der Waals surface area contributed by atoms with Crippen molar-refractivity contribution in [3.8, 4) is 5.75 Å². The van der Waals surface area contributed by atoms with E-state index in [1.165, 1.54) is 12.1 Å². The first-order valence-electron chi connectivity index (χ1n) is 6.41. The van der Waals surface area contributed by atoms with Gasteiger partial charge in [-0.2, -0.15) is 0 Å². The molecule has 106 valence electrons. The van der Waals surface area contributed by atoms with Crippen LogP contribution in [-0.2, 0) is 6.61 Å². The van der Waals surface area contributed by atoms with Crippen LogP contribution in [0.3, 0.4) is 0 Å². The van der Waals surface area contributed by atoms with Gasteiger partial charge in [0.1, 0.15) is 12.4 Å². The van der Waals surface area contributed by atoms with Crippen LogP contribution in [0.4, 0.5) is 8.78 Å². The second kappa shape index (κ2) is 6.01. The Bertz CT molecular complexity index is 611. The van der Waals surface area contributed by atoms with Crippen LogP contribution in [0.1, 0.15) is 29.7 Å². The SMILES string of the molecule is Cc1ccc(OCc2cccc(F)c2F)c([C@@H](C)N)c1. The lowest BCUT2D eigenvalue weighted by molar-refractivity contribution is 0.293. The molecule has 2 N–H and O–H groups in total. The van der Waals surface area contributed by atoms with Gasteiger partial charge in [0.15, 0.2) is 11.6 Å². The molecular formula is C16H17F2NO. The molecule has 0 aliphatic heterocycles. The number of ether oxygens (including phenoxy) is 1. The molecule has 0 aliphatic rings. The first-order chi connectivity index (χ1) is 9.49. The normalized spacial score (nSPS) is 12.2. The van der Waals surface area contributed by atoms with E-state index in [-0.39, 0.29) is 18.2 Å². The number of hydrogen-bond acceptors (Lipinski definition) is 2. The predicted molar refractivity (Wildman–Crippen MR) is 74.5 cm³/mol. The molecule has 2 nitrogen and oxygen atoms in total. The number of nitrogens with two attached hydrogens (primary N) is 1. The van der Waals surface area contributed by atoms with E-state index in [0.29, 0.717) is 5.75 Å². The Morgan fingerprint density at radius 1 is 1.20 bits per heavy atom. The quantitative estimate of drug-likeness (QED) is 0.920. The molecule has 0 amide bonds. The van der Waals surface area contributed by atoms with E-state index in [0.717, 1.165) is 17.2 Å². The average Bonchev–Trinajstić information content (AvgIpc) is 2.41. The summed E-state index contributed by atoms with van der Waals surface area (Å²) in [6.45, 7) is 3.78.